The lowest BCUT2D eigenvalue weighted by Crippen LogP contribution is -2.33. The summed E-state index contributed by atoms with van der Waals surface area (Å²) in [7, 11) is 1.67. The molecule has 3 nitrogen and oxygen atoms in total. The first-order valence-corrected chi connectivity index (χ1v) is 6.89. The van der Waals surface area contributed by atoms with E-state index in [9.17, 15) is 4.79 Å². The van der Waals surface area contributed by atoms with Crippen molar-refractivity contribution in [3.63, 3.8) is 0 Å². The van der Waals surface area contributed by atoms with Crippen LogP contribution in [0.5, 0.6) is 0 Å². The largest absolute Gasteiger partial charge is 0.385 e. The minimum atomic E-state index is -0.0804. The van der Waals surface area contributed by atoms with Crippen LogP contribution in [0.15, 0.2) is 24.3 Å². The number of nitrogens with one attached hydrogen (secondary N) is 1. The van der Waals surface area contributed by atoms with Crippen molar-refractivity contribution < 1.29 is 9.53 Å². The highest BCUT2D eigenvalue weighted by molar-refractivity contribution is 5.83. The van der Waals surface area contributed by atoms with Crippen LogP contribution in [0.1, 0.15) is 37.3 Å². The van der Waals surface area contributed by atoms with Gasteiger partial charge in [-0.1, -0.05) is 43.7 Å². The van der Waals surface area contributed by atoms with Crippen LogP contribution in [0.3, 0.4) is 0 Å². The number of methoxy groups -OCH3 is 1. The van der Waals surface area contributed by atoms with Crippen molar-refractivity contribution in [2.24, 2.45) is 5.92 Å². The predicted octanol–water partition coefficient (Wildman–Crippen LogP) is 2.89. The fourth-order valence-corrected chi connectivity index (χ4v) is 2.15. The average molecular weight is 263 g/mol. The van der Waals surface area contributed by atoms with Gasteiger partial charge in [0.25, 0.3) is 0 Å². The Labute approximate surface area is 116 Å². The summed E-state index contributed by atoms with van der Waals surface area (Å²) < 4.78 is 4.98. The third kappa shape index (κ3) is 5.03. The Bertz CT molecular complexity index is 384. The fourth-order valence-electron chi connectivity index (χ4n) is 2.15. The minimum absolute atomic E-state index is 0.0804. The van der Waals surface area contributed by atoms with Crippen molar-refractivity contribution in [3.8, 4) is 0 Å². The predicted molar refractivity (Wildman–Crippen MR) is 78.3 cm³/mol. The molecule has 3 heteroatoms. The van der Waals surface area contributed by atoms with Gasteiger partial charge in [-0.05, 0) is 24.8 Å². The van der Waals surface area contributed by atoms with E-state index in [1.54, 1.807) is 7.11 Å². The smallest absolute Gasteiger partial charge is 0.227 e. The molecule has 0 aromatic heterocycles. The molecule has 0 heterocycles. The number of hydrogen-bond acceptors (Lipinski definition) is 2. The quantitative estimate of drug-likeness (QED) is 0.768. The first kappa shape index (κ1) is 15.7. The minimum Gasteiger partial charge on any atom is -0.385 e. The van der Waals surface area contributed by atoms with Gasteiger partial charge in [0, 0.05) is 20.3 Å². The van der Waals surface area contributed by atoms with E-state index in [4.69, 9.17) is 4.74 Å². The average Bonchev–Trinajstić information content (AvgIpc) is 2.37. The van der Waals surface area contributed by atoms with Crippen molar-refractivity contribution in [2.45, 2.75) is 33.1 Å². The topological polar surface area (TPSA) is 38.3 Å². The van der Waals surface area contributed by atoms with E-state index in [1.807, 2.05) is 0 Å². The second-order valence-corrected chi connectivity index (χ2v) is 5.27. The summed E-state index contributed by atoms with van der Waals surface area (Å²) in [6.07, 6.45) is 0.848. The fraction of sp³-hybridized carbons (Fsp3) is 0.562. The van der Waals surface area contributed by atoms with Crippen LogP contribution in [0, 0.1) is 12.8 Å². The van der Waals surface area contributed by atoms with E-state index >= 15 is 0 Å². The van der Waals surface area contributed by atoms with Gasteiger partial charge in [-0.3, -0.25) is 4.79 Å². The Morgan fingerprint density at radius 2 is 1.89 bits per heavy atom. The molecule has 19 heavy (non-hydrogen) atoms. The Hall–Kier alpha value is -1.35. The van der Waals surface area contributed by atoms with Gasteiger partial charge in [-0.2, -0.15) is 0 Å². The molecule has 0 aliphatic heterocycles. The number of rotatable bonds is 7. The molecule has 1 atom stereocenters. The highest BCUT2D eigenvalue weighted by Crippen LogP contribution is 2.24. The Morgan fingerprint density at radius 3 is 2.42 bits per heavy atom. The van der Waals surface area contributed by atoms with Gasteiger partial charge in [0.1, 0.15) is 0 Å². The zero-order valence-corrected chi connectivity index (χ0v) is 12.4. The van der Waals surface area contributed by atoms with Gasteiger partial charge in [0.15, 0.2) is 0 Å². The molecular formula is C16H25NO2. The zero-order valence-electron chi connectivity index (χ0n) is 12.4. The van der Waals surface area contributed by atoms with Crippen molar-refractivity contribution >= 4 is 5.91 Å². The normalized spacial score (nSPS) is 12.5. The Balaban J connectivity index is 2.66. The number of ether oxygens (including phenoxy) is 1. The van der Waals surface area contributed by atoms with Gasteiger partial charge < -0.3 is 10.1 Å². The van der Waals surface area contributed by atoms with Gasteiger partial charge >= 0.3 is 0 Å². The molecule has 0 saturated carbocycles. The summed E-state index contributed by atoms with van der Waals surface area (Å²) in [5.41, 5.74) is 2.30. The van der Waals surface area contributed by atoms with E-state index < -0.39 is 0 Å². The van der Waals surface area contributed by atoms with Crippen molar-refractivity contribution in [3.05, 3.63) is 35.4 Å². The van der Waals surface area contributed by atoms with Gasteiger partial charge in [-0.25, -0.2) is 0 Å². The molecule has 0 bridgehead atoms. The summed E-state index contributed by atoms with van der Waals surface area (Å²) in [5, 5.41) is 2.99. The third-order valence-electron chi connectivity index (χ3n) is 3.21. The lowest BCUT2D eigenvalue weighted by molar-refractivity contribution is -0.123. The third-order valence-corrected chi connectivity index (χ3v) is 3.21. The van der Waals surface area contributed by atoms with E-state index in [2.05, 4.69) is 50.4 Å². The van der Waals surface area contributed by atoms with Crippen LogP contribution in [0.2, 0.25) is 0 Å². The van der Waals surface area contributed by atoms with E-state index in [1.165, 1.54) is 5.56 Å². The number of benzene rings is 1. The maximum absolute atomic E-state index is 12.3. The van der Waals surface area contributed by atoms with E-state index in [0.29, 0.717) is 13.2 Å². The second-order valence-electron chi connectivity index (χ2n) is 5.27. The Morgan fingerprint density at radius 1 is 1.26 bits per heavy atom. The number of carbonyl (C=O) groups excluding carboxylic acids is 1. The maximum atomic E-state index is 12.3. The zero-order chi connectivity index (χ0) is 14.3. The molecule has 1 unspecified atom stereocenters. The van der Waals surface area contributed by atoms with E-state index in [0.717, 1.165) is 12.0 Å². The van der Waals surface area contributed by atoms with Crippen molar-refractivity contribution in [1.29, 1.82) is 0 Å². The van der Waals surface area contributed by atoms with E-state index in [-0.39, 0.29) is 17.7 Å². The van der Waals surface area contributed by atoms with Crippen LogP contribution >= 0.6 is 0 Å². The molecule has 1 N–H and O–H groups in total. The molecule has 1 rings (SSSR count). The molecule has 0 fully saturated rings. The highest BCUT2D eigenvalue weighted by atomic mass is 16.5. The van der Waals surface area contributed by atoms with Crippen LogP contribution in [0.4, 0.5) is 0 Å². The van der Waals surface area contributed by atoms with Crippen LogP contribution in [-0.2, 0) is 9.53 Å². The van der Waals surface area contributed by atoms with Gasteiger partial charge in [0.2, 0.25) is 5.91 Å². The lowest BCUT2D eigenvalue weighted by Gasteiger charge is -2.21. The summed E-state index contributed by atoms with van der Waals surface area (Å²) in [6.45, 7) is 7.57. The first-order valence-electron chi connectivity index (χ1n) is 6.89. The lowest BCUT2D eigenvalue weighted by atomic mass is 9.87. The number of amides is 1. The summed E-state index contributed by atoms with van der Waals surface area (Å²) in [4.78, 5) is 12.3. The Kier molecular flexibility index (Phi) is 6.57. The summed E-state index contributed by atoms with van der Waals surface area (Å²) in [5.74, 6) is 0.309. The SMILES string of the molecule is COCCCNC(=O)C(c1ccc(C)cc1)C(C)C. The molecule has 0 spiro atoms. The molecule has 1 aromatic rings. The maximum Gasteiger partial charge on any atom is 0.227 e. The van der Waals surface area contributed by atoms with Gasteiger partial charge in [0.05, 0.1) is 5.92 Å². The van der Waals surface area contributed by atoms with Crippen molar-refractivity contribution in [2.75, 3.05) is 20.3 Å². The van der Waals surface area contributed by atoms with Crippen LogP contribution < -0.4 is 5.32 Å². The first-order chi connectivity index (χ1) is 9.06. The monoisotopic (exact) mass is 263 g/mol. The highest BCUT2D eigenvalue weighted by Gasteiger charge is 2.23. The molecule has 0 saturated heterocycles. The standard InChI is InChI=1S/C16H25NO2/c1-12(2)15(14-8-6-13(3)7-9-14)16(18)17-10-5-11-19-4/h6-9,12,15H,5,10-11H2,1-4H3,(H,17,18). The van der Waals surface area contributed by atoms with Crippen LogP contribution in [-0.4, -0.2) is 26.2 Å². The number of hydrogen-bond donors (Lipinski definition) is 1. The van der Waals surface area contributed by atoms with Crippen LogP contribution in [0.25, 0.3) is 0 Å². The molecular weight excluding hydrogens is 238 g/mol. The second kappa shape index (κ2) is 7.95. The number of carbonyl (C=O) groups is 1. The summed E-state index contributed by atoms with van der Waals surface area (Å²) in [6, 6.07) is 8.22. The molecule has 0 radical (unpaired) electrons. The number of aryl methyl sites for hydroxylation is 1. The molecule has 0 aliphatic rings. The molecule has 1 aromatic carbocycles. The summed E-state index contributed by atoms with van der Waals surface area (Å²) >= 11 is 0. The van der Waals surface area contributed by atoms with Crippen molar-refractivity contribution in [1.82, 2.24) is 5.32 Å². The molecule has 0 aliphatic carbocycles. The van der Waals surface area contributed by atoms with Gasteiger partial charge in [-0.15, -0.1) is 0 Å². The molecule has 1 amide bonds. The molecule has 106 valence electrons.